The first-order valence-corrected chi connectivity index (χ1v) is 10.6. The fraction of sp³-hybridized carbons (Fsp3) is 0.174. The number of aromatic nitrogens is 3. The van der Waals surface area contributed by atoms with E-state index in [1.807, 2.05) is 47.2 Å². The average Bonchev–Trinajstić information content (AvgIpc) is 3.47. The minimum absolute atomic E-state index is 0.256. The van der Waals surface area contributed by atoms with Crippen molar-refractivity contribution >= 4 is 22.9 Å². The Morgan fingerprint density at radius 1 is 1.17 bits per heavy atom. The van der Waals surface area contributed by atoms with Gasteiger partial charge in [0.1, 0.15) is 23.1 Å². The van der Waals surface area contributed by atoms with E-state index in [-0.39, 0.29) is 5.91 Å². The number of amides is 1. The van der Waals surface area contributed by atoms with Gasteiger partial charge in [-0.3, -0.25) is 4.79 Å². The van der Waals surface area contributed by atoms with Crippen LogP contribution >= 0.6 is 11.3 Å². The van der Waals surface area contributed by atoms with Gasteiger partial charge in [0.05, 0.1) is 18.6 Å². The third kappa shape index (κ3) is 4.75. The summed E-state index contributed by atoms with van der Waals surface area (Å²) in [7, 11) is 0. The van der Waals surface area contributed by atoms with Crippen LogP contribution in [-0.4, -0.2) is 27.0 Å². The molecule has 1 N–H and O–H groups in total. The number of hydrogen-bond donors (Lipinski definition) is 1. The molecular weight excluding hydrogens is 396 g/mol. The van der Waals surface area contributed by atoms with Crippen LogP contribution in [0.2, 0.25) is 0 Å². The number of ether oxygens (including phenoxy) is 1. The number of nitrogens with zero attached hydrogens (tertiary/aromatic N) is 3. The van der Waals surface area contributed by atoms with Gasteiger partial charge in [0.25, 0.3) is 5.91 Å². The largest absolute Gasteiger partial charge is 0.490 e. The van der Waals surface area contributed by atoms with Crippen molar-refractivity contribution in [3.05, 3.63) is 83.9 Å². The summed E-state index contributed by atoms with van der Waals surface area (Å²) >= 11 is 1.46. The highest BCUT2D eigenvalue weighted by molar-refractivity contribution is 7.13. The van der Waals surface area contributed by atoms with E-state index < -0.39 is 0 Å². The molecule has 0 radical (unpaired) electrons. The van der Waals surface area contributed by atoms with E-state index in [0.717, 1.165) is 17.0 Å². The first kappa shape index (κ1) is 19.8. The van der Waals surface area contributed by atoms with E-state index in [4.69, 9.17) is 4.74 Å². The molecule has 30 heavy (non-hydrogen) atoms. The number of para-hydroxylation sites is 2. The van der Waals surface area contributed by atoms with Crippen molar-refractivity contribution in [1.82, 2.24) is 14.5 Å². The number of nitrogens with one attached hydrogen (secondary N) is 1. The Kier molecular flexibility index (Phi) is 6.20. The Balaban J connectivity index is 1.42. The van der Waals surface area contributed by atoms with Crippen LogP contribution in [0.25, 0.3) is 10.6 Å². The van der Waals surface area contributed by atoms with Gasteiger partial charge in [-0.1, -0.05) is 43.3 Å². The van der Waals surface area contributed by atoms with Crippen molar-refractivity contribution in [3.63, 3.8) is 0 Å². The molecule has 0 aliphatic carbocycles. The molecule has 0 spiro atoms. The van der Waals surface area contributed by atoms with Crippen LogP contribution in [0.3, 0.4) is 0 Å². The summed E-state index contributed by atoms with van der Waals surface area (Å²) in [5, 5.41) is 5.52. The quantitative estimate of drug-likeness (QED) is 0.442. The zero-order valence-electron chi connectivity index (χ0n) is 16.6. The Morgan fingerprint density at radius 2 is 2.00 bits per heavy atom. The van der Waals surface area contributed by atoms with Gasteiger partial charge in [0.15, 0.2) is 0 Å². The molecule has 0 saturated carbocycles. The van der Waals surface area contributed by atoms with Gasteiger partial charge < -0.3 is 14.6 Å². The molecule has 0 aliphatic rings. The second-order valence-corrected chi connectivity index (χ2v) is 7.55. The number of anilines is 1. The smallest absolute Gasteiger partial charge is 0.275 e. The number of carbonyl (C=O) groups excluding carboxylic acids is 1. The third-order valence-electron chi connectivity index (χ3n) is 4.65. The number of carbonyl (C=O) groups is 1. The van der Waals surface area contributed by atoms with Crippen LogP contribution in [0, 0.1) is 0 Å². The molecule has 0 unspecified atom stereocenters. The predicted octanol–water partition coefficient (Wildman–Crippen LogP) is 4.90. The third-order valence-corrected chi connectivity index (χ3v) is 5.54. The van der Waals surface area contributed by atoms with Crippen molar-refractivity contribution in [3.8, 4) is 16.3 Å². The molecule has 6 nitrogen and oxygen atoms in total. The number of benzene rings is 2. The number of hydrogen-bond acceptors (Lipinski definition) is 5. The molecule has 4 rings (SSSR count). The number of aryl methyl sites for hydroxylation is 1. The lowest BCUT2D eigenvalue weighted by atomic mass is 10.1. The van der Waals surface area contributed by atoms with Crippen LogP contribution in [0.4, 0.5) is 5.69 Å². The Labute approximate surface area is 179 Å². The molecule has 4 aromatic rings. The molecule has 0 saturated heterocycles. The van der Waals surface area contributed by atoms with E-state index >= 15 is 0 Å². The Morgan fingerprint density at radius 3 is 2.77 bits per heavy atom. The number of imidazole rings is 1. The lowest BCUT2D eigenvalue weighted by Gasteiger charge is -2.12. The number of thiazole rings is 1. The molecule has 152 valence electrons. The van der Waals surface area contributed by atoms with Crippen molar-refractivity contribution in [2.75, 3.05) is 11.9 Å². The molecule has 2 aromatic carbocycles. The standard InChI is InChI=1S/C23H22N4O2S/c1-2-17-7-9-18(10-8-17)23-26-20(15-30-23)22(28)25-19-5-3-4-6-21(19)29-14-13-27-12-11-24-16-27/h3-12,15-16H,2,13-14H2,1H3,(H,25,28). The fourth-order valence-electron chi connectivity index (χ4n) is 2.96. The average molecular weight is 419 g/mol. The van der Waals surface area contributed by atoms with Crippen LogP contribution in [0.5, 0.6) is 5.75 Å². The van der Waals surface area contributed by atoms with Gasteiger partial charge in [0.2, 0.25) is 0 Å². The van der Waals surface area contributed by atoms with Crippen molar-refractivity contribution < 1.29 is 9.53 Å². The summed E-state index contributed by atoms with van der Waals surface area (Å²) in [6.07, 6.45) is 6.35. The van der Waals surface area contributed by atoms with Crippen molar-refractivity contribution in [1.29, 1.82) is 0 Å². The van der Waals surface area contributed by atoms with Crippen molar-refractivity contribution in [2.45, 2.75) is 19.9 Å². The van der Waals surface area contributed by atoms with E-state index in [2.05, 4.69) is 34.3 Å². The summed E-state index contributed by atoms with van der Waals surface area (Å²) in [6, 6.07) is 15.7. The van der Waals surface area contributed by atoms with E-state index in [0.29, 0.717) is 30.3 Å². The maximum absolute atomic E-state index is 12.7. The normalized spacial score (nSPS) is 10.7. The maximum atomic E-state index is 12.7. The zero-order valence-corrected chi connectivity index (χ0v) is 17.4. The molecular formula is C23H22N4O2S. The molecule has 2 heterocycles. The molecule has 0 aliphatic heterocycles. The fourth-order valence-corrected chi connectivity index (χ4v) is 3.76. The van der Waals surface area contributed by atoms with Crippen LogP contribution in [0.15, 0.2) is 72.6 Å². The summed E-state index contributed by atoms with van der Waals surface area (Å²) in [4.78, 5) is 21.3. The lowest BCUT2D eigenvalue weighted by molar-refractivity contribution is 0.102. The van der Waals surface area contributed by atoms with Gasteiger partial charge in [-0.2, -0.15) is 0 Å². The minimum atomic E-state index is -0.256. The summed E-state index contributed by atoms with van der Waals surface area (Å²) in [5.74, 6) is 0.366. The summed E-state index contributed by atoms with van der Waals surface area (Å²) < 4.78 is 7.80. The predicted molar refractivity (Wildman–Crippen MR) is 119 cm³/mol. The Bertz CT molecular complexity index is 1100. The summed E-state index contributed by atoms with van der Waals surface area (Å²) in [5.41, 5.74) is 3.30. The molecule has 7 heteroatoms. The van der Waals surface area contributed by atoms with Gasteiger partial charge in [-0.25, -0.2) is 9.97 Å². The topological polar surface area (TPSA) is 69.0 Å². The van der Waals surface area contributed by atoms with Gasteiger partial charge in [-0.05, 0) is 24.1 Å². The second kappa shape index (κ2) is 9.37. The highest BCUT2D eigenvalue weighted by atomic mass is 32.1. The SMILES string of the molecule is CCc1ccc(-c2nc(C(=O)Nc3ccccc3OCCn3ccnc3)cs2)cc1. The summed E-state index contributed by atoms with van der Waals surface area (Å²) in [6.45, 7) is 3.27. The van der Waals surface area contributed by atoms with Gasteiger partial charge in [0, 0.05) is 23.3 Å². The van der Waals surface area contributed by atoms with Gasteiger partial charge in [-0.15, -0.1) is 11.3 Å². The maximum Gasteiger partial charge on any atom is 0.275 e. The Hall–Kier alpha value is -3.45. The minimum Gasteiger partial charge on any atom is -0.490 e. The van der Waals surface area contributed by atoms with Crippen LogP contribution < -0.4 is 10.1 Å². The number of rotatable bonds is 8. The van der Waals surface area contributed by atoms with Gasteiger partial charge >= 0.3 is 0 Å². The van der Waals surface area contributed by atoms with E-state index in [9.17, 15) is 4.79 Å². The molecule has 0 fully saturated rings. The van der Waals surface area contributed by atoms with E-state index in [1.165, 1.54) is 16.9 Å². The van der Waals surface area contributed by atoms with E-state index in [1.54, 1.807) is 17.9 Å². The van der Waals surface area contributed by atoms with Crippen LogP contribution in [0.1, 0.15) is 23.0 Å². The van der Waals surface area contributed by atoms with Crippen molar-refractivity contribution in [2.24, 2.45) is 0 Å². The molecule has 0 bridgehead atoms. The molecule has 2 aromatic heterocycles. The highest BCUT2D eigenvalue weighted by Crippen LogP contribution is 2.27. The highest BCUT2D eigenvalue weighted by Gasteiger charge is 2.14. The molecule has 0 atom stereocenters. The monoisotopic (exact) mass is 418 g/mol. The molecule has 1 amide bonds. The lowest BCUT2D eigenvalue weighted by Crippen LogP contribution is -2.14. The second-order valence-electron chi connectivity index (χ2n) is 6.69. The first-order chi connectivity index (χ1) is 14.7. The first-order valence-electron chi connectivity index (χ1n) is 9.76. The zero-order chi connectivity index (χ0) is 20.8. The van der Waals surface area contributed by atoms with Crippen LogP contribution in [-0.2, 0) is 13.0 Å².